The zero-order valence-corrected chi connectivity index (χ0v) is 5.88. The Hall–Kier alpha value is -1.59. The fourth-order valence-corrected chi connectivity index (χ4v) is 0.536. The summed E-state index contributed by atoms with van der Waals surface area (Å²) in [4.78, 5) is 20.7. The molecule has 1 aromatic heterocycles. The number of rotatable bonds is 2. The number of hydrogen-bond donors (Lipinski definition) is 2. The monoisotopic (exact) mass is 157 g/mol. The Bertz CT molecular complexity index is 300. The van der Waals surface area contributed by atoms with Crippen LogP contribution in [0, 0.1) is 0 Å². The van der Waals surface area contributed by atoms with Crippen LogP contribution in [0.3, 0.4) is 0 Å². The van der Waals surface area contributed by atoms with E-state index in [4.69, 9.17) is 0 Å². The van der Waals surface area contributed by atoms with Crippen LogP contribution in [0.5, 0.6) is 0 Å². The molecule has 0 atom stereocenters. The van der Waals surface area contributed by atoms with E-state index in [9.17, 15) is 9.59 Å². The molecule has 1 amide bonds. The van der Waals surface area contributed by atoms with Crippen molar-refractivity contribution in [2.75, 3.05) is 0 Å². The Balaban J connectivity index is 2.51. The zero-order chi connectivity index (χ0) is 8.27. The van der Waals surface area contributed by atoms with Gasteiger partial charge in [-0.25, -0.2) is 9.89 Å². The van der Waals surface area contributed by atoms with Crippen LogP contribution in [0.15, 0.2) is 9.21 Å². The molecule has 2 N–H and O–H groups in total. The number of H-pyrrole nitrogens is 1. The molecule has 1 heterocycles. The third kappa shape index (κ3) is 2.24. The van der Waals surface area contributed by atoms with Gasteiger partial charge in [-0.2, -0.15) is 0 Å². The van der Waals surface area contributed by atoms with Crippen molar-refractivity contribution in [3.8, 4) is 0 Å². The first-order valence-electron chi connectivity index (χ1n) is 2.97. The Labute approximate surface area is 61.6 Å². The molecule has 0 saturated carbocycles. The Morgan fingerprint density at radius 3 is 3.00 bits per heavy atom. The van der Waals surface area contributed by atoms with Crippen molar-refractivity contribution in [2.24, 2.45) is 0 Å². The molecule has 0 fully saturated rings. The lowest BCUT2D eigenvalue weighted by Gasteiger charge is -1.93. The Kier molecular flexibility index (Phi) is 2.05. The molecule has 0 aromatic carbocycles. The van der Waals surface area contributed by atoms with Crippen LogP contribution < -0.4 is 11.1 Å². The summed E-state index contributed by atoms with van der Waals surface area (Å²) in [6, 6.07) is 0. The summed E-state index contributed by atoms with van der Waals surface area (Å²) in [6.07, 6.45) is 0. The van der Waals surface area contributed by atoms with Crippen molar-refractivity contribution in [2.45, 2.75) is 13.5 Å². The van der Waals surface area contributed by atoms with E-state index in [0.717, 1.165) is 0 Å². The summed E-state index contributed by atoms with van der Waals surface area (Å²) < 4.78 is 4.50. The van der Waals surface area contributed by atoms with Gasteiger partial charge in [-0.15, -0.1) is 5.10 Å². The first-order chi connectivity index (χ1) is 5.18. The first kappa shape index (κ1) is 7.52. The molecule has 0 spiro atoms. The maximum Gasteiger partial charge on any atom is 0.434 e. The molecule has 0 radical (unpaired) electrons. The highest BCUT2D eigenvalue weighted by molar-refractivity contribution is 5.72. The van der Waals surface area contributed by atoms with Gasteiger partial charge in [-0.05, 0) is 0 Å². The van der Waals surface area contributed by atoms with Crippen LogP contribution in [0.2, 0.25) is 0 Å². The number of nitrogens with one attached hydrogen (secondary N) is 2. The topological polar surface area (TPSA) is 88.0 Å². The van der Waals surface area contributed by atoms with E-state index < -0.39 is 5.76 Å². The van der Waals surface area contributed by atoms with Gasteiger partial charge >= 0.3 is 5.76 Å². The molecular formula is C5H7N3O3. The molecule has 6 nitrogen and oxygen atoms in total. The highest BCUT2D eigenvalue weighted by Crippen LogP contribution is 1.84. The number of carbonyl (C=O) groups is 1. The second kappa shape index (κ2) is 3.00. The molecule has 0 bridgehead atoms. The van der Waals surface area contributed by atoms with Crippen LogP contribution in [-0.4, -0.2) is 16.1 Å². The average Bonchev–Trinajstić information content (AvgIpc) is 2.31. The van der Waals surface area contributed by atoms with Gasteiger partial charge in [-0.1, -0.05) is 0 Å². The standard InChI is InChI=1S/C5H7N3O3/c1-3(9)6-2-4-7-8-5(10)11-4/h2H2,1H3,(H,6,9)(H,8,10). The van der Waals surface area contributed by atoms with Gasteiger partial charge < -0.3 is 9.73 Å². The van der Waals surface area contributed by atoms with E-state index >= 15 is 0 Å². The third-order valence-electron chi connectivity index (χ3n) is 0.971. The van der Waals surface area contributed by atoms with Gasteiger partial charge in [-0.3, -0.25) is 4.79 Å². The number of aromatic nitrogens is 2. The van der Waals surface area contributed by atoms with Gasteiger partial charge in [0.15, 0.2) is 0 Å². The lowest BCUT2D eigenvalue weighted by Crippen LogP contribution is -2.19. The number of nitrogens with zero attached hydrogens (tertiary/aromatic N) is 1. The maximum atomic E-state index is 10.4. The van der Waals surface area contributed by atoms with Crippen LogP contribution in [0.1, 0.15) is 12.8 Å². The van der Waals surface area contributed by atoms with Crippen molar-refractivity contribution >= 4 is 5.91 Å². The molecule has 0 aliphatic rings. The maximum absolute atomic E-state index is 10.4. The summed E-state index contributed by atoms with van der Waals surface area (Å²) in [5.41, 5.74) is 0. The molecule has 1 aromatic rings. The zero-order valence-electron chi connectivity index (χ0n) is 5.88. The van der Waals surface area contributed by atoms with Crippen molar-refractivity contribution < 1.29 is 9.21 Å². The minimum atomic E-state index is -0.620. The van der Waals surface area contributed by atoms with Crippen LogP contribution in [0.4, 0.5) is 0 Å². The fraction of sp³-hybridized carbons (Fsp3) is 0.400. The smallest absolute Gasteiger partial charge is 0.391 e. The fourth-order valence-electron chi connectivity index (χ4n) is 0.536. The average molecular weight is 157 g/mol. The predicted molar refractivity (Wildman–Crippen MR) is 34.6 cm³/mol. The summed E-state index contributed by atoms with van der Waals surface area (Å²) in [5, 5.41) is 7.96. The van der Waals surface area contributed by atoms with Gasteiger partial charge in [0.05, 0.1) is 6.54 Å². The van der Waals surface area contributed by atoms with E-state index in [1.807, 2.05) is 0 Å². The molecule has 6 heteroatoms. The minimum Gasteiger partial charge on any atom is -0.391 e. The van der Waals surface area contributed by atoms with Crippen molar-refractivity contribution in [3.63, 3.8) is 0 Å². The largest absolute Gasteiger partial charge is 0.434 e. The third-order valence-corrected chi connectivity index (χ3v) is 0.971. The first-order valence-corrected chi connectivity index (χ1v) is 2.97. The van der Waals surface area contributed by atoms with Crippen molar-refractivity contribution in [3.05, 3.63) is 16.4 Å². The van der Waals surface area contributed by atoms with E-state index in [0.29, 0.717) is 0 Å². The highest BCUT2D eigenvalue weighted by Gasteiger charge is 1.99. The quantitative estimate of drug-likeness (QED) is 0.576. The Morgan fingerprint density at radius 2 is 2.55 bits per heavy atom. The van der Waals surface area contributed by atoms with E-state index in [1.165, 1.54) is 6.92 Å². The Morgan fingerprint density at radius 1 is 1.82 bits per heavy atom. The minimum absolute atomic E-state index is 0.133. The molecule has 0 unspecified atom stereocenters. The van der Waals surface area contributed by atoms with Gasteiger partial charge in [0, 0.05) is 6.92 Å². The lowest BCUT2D eigenvalue weighted by molar-refractivity contribution is -0.119. The summed E-state index contributed by atoms with van der Waals surface area (Å²) in [6.45, 7) is 1.50. The van der Waals surface area contributed by atoms with E-state index in [2.05, 4.69) is 19.9 Å². The number of hydrogen-bond acceptors (Lipinski definition) is 4. The molecular weight excluding hydrogens is 150 g/mol. The number of carbonyl (C=O) groups excluding carboxylic acids is 1. The summed E-state index contributed by atoms with van der Waals surface area (Å²) >= 11 is 0. The molecule has 0 aliphatic carbocycles. The molecule has 1 rings (SSSR count). The van der Waals surface area contributed by atoms with Crippen LogP contribution in [-0.2, 0) is 11.3 Å². The van der Waals surface area contributed by atoms with Crippen molar-refractivity contribution in [1.29, 1.82) is 0 Å². The second-order valence-electron chi connectivity index (χ2n) is 1.92. The van der Waals surface area contributed by atoms with Crippen LogP contribution >= 0.6 is 0 Å². The summed E-state index contributed by atoms with van der Waals surface area (Å²) in [5.74, 6) is -0.647. The molecule has 0 saturated heterocycles. The molecule has 60 valence electrons. The number of aromatic amines is 1. The van der Waals surface area contributed by atoms with E-state index in [1.54, 1.807) is 0 Å². The second-order valence-corrected chi connectivity index (χ2v) is 1.92. The van der Waals surface area contributed by atoms with Gasteiger partial charge in [0.25, 0.3) is 0 Å². The number of amides is 1. The van der Waals surface area contributed by atoms with Gasteiger partial charge in [0.1, 0.15) is 0 Å². The van der Waals surface area contributed by atoms with Crippen LogP contribution in [0.25, 0.3) is 0 Å². The van der Waals surface area contributed by atoms with Crippen molar-refractivity contribution in [1.82, 2.24) is 15.5 Å². The molecule has 0 aliphatic heterocycles. The van der Waals surface area contributed by atoms with Gasteiger partial charge in [0.2, 0.25) is 11.8 Å². The molecule has 11 heavy (non-hydrogen) atoms. The SMILES string of the molecule is CC(=O)NCc1n[nH]c(=O)o1. The van der Waals surface area contributed by atoms with E-state index in [-0.39, 0.29) is 18.3 Å². The normalized spacial score (nSPS) is 9.55. The highest BCUT2D eigenvalue weighted by atomic mass is 16.4. The predicted octanol–water partition coefficient (Wildman–Crippen LogP) is -1.00. The summed E-state index contributed by atoms with van der Waals surface area (Å²) in [7, 11) is 0. The lowest BCUT2D eigenvalue weighted by atomic mass is 10.6.